The molecule has 0 amide bonds. The van der Waals surface area contributed by atoms with E-state index >= 15 is 0 Å². The Hall–Kier alpha value is -4.33. The van der Waals surface area contributed by atoms with Gasteiger partial charge in [0.2, 0.25) is 5.89 Å². The number of oxazole rings is 1. The molecule has 1 fully saturated rings. The molecule has 14 heteroatoms. The van der Waals surface area contributed by atoms with Crippen molar-refractivity contribution in [1.82, 2.24) is 40.3 Å². The molecule has 7 rings (SSSR count). The maximum absolute atomic E-state index is 5.79. The zero-order chi connectivity index (χ0) is 74.6. The molecule has 2 unspecified atom stereocenters. The molecule has 95 heavy (non-hydrogen) atoms. The average Bonchev–Trinajstić information content (AvgIpc) is 1.72. The summed E-state index contributed by atoms with van der Waals surface area (Å²) in [7, 11) is 0. The standard InChI is InChI=1S/C14H28.C12H21NO.C12H21NS.C11H21N3.C9H15NO.C8H14N2O.3C4H10.C3H4N2/c1-9(2)12-7-13(10(3)4)14(8-12)11(5)6;2*1-7(2)10-11(8(3)4)14-12(13-10)9(5)6;1-7(2)10-11(8(3)4)13-14(12-10)9(5)6;1-6(2)8-5-9(7(3)4)11-10-8;1-5(2)7-9-8(6(3)4)11-10-7;3*1-4(2)3;1-2-5-3-4-1/h9-14H,7-8H2,1-6H3;3*7-9H,1-6H3;5-7H,1-4H3;5-6H,1-4H3;3*4H,1-3H3;1,3H,2H2. The maximum Gasteiger partial charge on any atom is 0.229 e. The van der Waals surface area contributed by atoms with E-state index in [1.54, 1.807) is 12.6 Å². The van der Waals surface area contributed by atoms with Crippen molar-refractivity contribution >= 4 is 23.9 Å². The van der Waals surface area contributed by atoms with Gasteiger partial charge in [0, 0.05) is 52.7 Å². The second-order valence-corrected chi connectivity index (χ2v) is 34.4. The van der Waals surface area contributed by atoms with E-state index in [0.29, 0.717) is 77.1 Å². The number of aromatic nitrogens is 8. The summed E-state index contributed by atoms with van der Waals surface area (Å²) in [4.78, 5) is 24.2. The Balaban J connectivity index is -0.00000102. The van der Waals surface area contributed by atoms with Crippen molar-refractivity contribution in [1.29, 1.82) is 0 Å². The van der Waals surface area contributed by atoms with Crippen molar-refractivity contribution in [2.24, 2.45) is 63.2 Å². The number of aliphatic imine (C=N–C) groups is 2. The van der Waals surface area contributed by atoms with Gasteiger partial charge in [0.25, 0.3) is 0 Å². The van der Waals surface area contributed by atoms with Crippen LogP contribution in [0.15, 0.2) is 29.5 Å². The zero-order valence-corrected chi connectivity index (χ0v) is 70.5. The second kappa shape index (κ2) is 49.2. The van der Waals surface area contributed by atoms with Crippen LogP contribution < -0.4 is 0 Å². The largest absolute Gasteiger partial charge is 0.445 e. The van der Waals surface area contributed by atoms with Crippen LogP contribution in [0.4, 0.5) is 0 Å². The van der Waals surface area contributed by atoms with Crippen LogP contribution in [-0.4, -0.2) is 59.4 Å². The lowest BCUT2D eigenvalue weighted by atomic mass is 9.80. The second-order valence-electron chi connectivity index (χ2n) is 33.3. The first-order valence-electron chi connectivity index (χ1n) is 37.4. The Morgan fingerprint density at radius 2 is 0.853 bits per heavy atom. The van der Waals surface area contributed by atoms with Gasteiger partial charge in [-0.15, -0.1) is 11.3 Å². The lowest BCUT2D eigenvalue weighted by Crippen LogP contribution is -2.18. The monoisotopic (exact) mass is 1350 g/mol. The normalized spacial score (nSPS) is 15.0. The summed E-state index contributed by atoms with van der Waals surface area (Å²) >= 11 is 1.89. The molecule has 0 aromatic carbocycles. The molecular weight excluding hydrogens is 1190 g/mol. The summed E-state index contributed by atoms with van der Waals surface area (Å²) in [5.41, 5.74) is 5.79. The molecule has 552 valence electrons. The van der Waals surface area contributed by atoms with Crippen LogP contribution in [0.3, 0.4) is 0 Å². The van der Waals surface area contributed by atoms with Crippen LogP contribution >= 0.6 is 11.3 Å². The fourth-order valence-corrected chi connectivity index (χ4v) is 10.5. The molecule has 0 saturated heterocycles. The van der Waals surface area contributed by atoms with Crippen molar-refractivity contribution in [2.75, 3.05) is 6.54 Å². The highest BCUT2D eigenvalue weighted by molar-refractivity contribution is 7.12. The molecule has 2 aliphatic rings. The Morgan fingerprint density at radius 3 is 1.07 bits per heavy atom. The SMILES string of the molecule is C1=NC=NC1.CC(C)C.CC(C)C.CC(C)C.CC(C)C1CC(C(C)C)C(C(C)C)C1.CC(C)c1cc(C(C)C)on1.CC(C)c1nc(C(C)C)c(C(C)C)o1.CC(C)c1nc(C(C)C)c(C(C)C)s1.CC(C)c1nn(C(C)C)nc1C(C)C.CC(C)c1noc(C(C)C)n1. The van der Waals surface area contributed by atoms with Crippen LogP contribution in [0.25, 0.3) is 0 Å². The van der Waals surface area contributed by atoms with E-state index in [4.69, 9.17) is 18.4 Å². The molecular formula is C81H154N10O3S. The van der Waals surface area contributed by atoms with Gasteiger partial charge >= 0.3 is 0 Å². The van der Waals surface area contributed by atoms with Crippen molar-refractivity contribution in [3.63, 3.8) is 0 Å². The fourth-order valence-electron chi connectivity index (χ4n) is 9.29. The third-order valence-electron chi connectivity index (χ3n) is 14.7. The molecule has 5 aromatic rings. The molecule has 1 aliphatic carbocycles. The van der Waals surface area contributed by atoms with Gasteiger partial charge in [-0.3, -0.25) is 4.99 Å². The van der Waals surface area contributed by atoms with Crippen molar-refractivity contribution in [3.8, 4) is 0 Å². The maximum atomic E-state index is 5.79. The molecule has 0 bridgehead atoms. The predicted octanol–water partition coefficient (Wildman–Crippen LogP) is 26.6. The first-order valence-corrected chi connectivity index (χ1v) is 38.2. The van der Waals surface area contributed by atoms with Gasteiger partial charge in [-0.2, -0.15) is 20.0 Å². The Morgan fingerprint density at radius 1 is 0.411 bits per heavy atom. The van der Waals surface area contributed by atoms with Gasteiger partial charge in [0.1, 0.15) is 17.9 Å². The topological polar surface area (TPSA) is 159 Å². The molecule has 2 atom stereocenters. The van der Waals surface area contributed by atoms with Gasteiger partial charge in [-0.05, 0) is 115 Å². The number of rotatable bonds is 16. The van der Waals surface area contributed by atoms with Crippen molar-refractivity contribution < 1.29 is 13.5 Å². The molecule has 6 heterocycles. The lowest BCUT2D eigenvalue weighted by Gasteiger charge is -2.26. The highest BCUT2D eigenvalue weighted by atomic mass is 32.1. The summed E-state index contributed by atoms with van der Waals surface area (Å²) in [5.74, 6) is 18.0. The van der Waals surface area contributed by atoms with E-state index in [2.05, 4.69) is 310 Å². The average molecular weight is 1350 g/mol. The van der Waals surface area contributed by atoms with Crippen molar-refractivity contribution in [2.45, 2.75) is 374 Å². The van der Waals surface area contributed by atoms with Gasteiger partial charge < -0.3 is 13.5 Å². The highest BCUT2D eigenvalue weighted by Gasteiger charge is 2.38. The number of thiazole rings is 1. The van der Waals surface area contributed by atoms with E-state index in [0.717, 1.165) is 112 Å². The molecule has 0 N–H and O–H groups in total. The van der Waals surface area contributed by atoms with E-state index in [-0.39, 0.29) is 0 Å². The van der Waals surface area contributed by atoms with Crippen LogP contribution in [0.2, 0.25) is 0 Å². The highest BCUT2D eigenvalue weighted by Crippen LogP contribution is 2.47. The van der Waals surface area contributed by atoms with Gasteiger partial charge in [0.15, 0.2) is 11.7 Å². The lowest BCUT2D eigenvalue weighted by molar-refractivity contribution is 0.235. The van der Waals surface area contributed by atoms with Crippen molar-refractivity contribution in [3.05, 3.63) is 73.5 Å². The first-order chi connectivity index (χ1) is 43.6. The molecule has 1 aliphatic heterocycles. The third-order valence-corrected chi connectivity index (χ3v) is 16.4. The van der Waals surface area contributed by atoms with E-state index < -0.39 is 0 Å². The predicted molar refractivity (Wildman–Crippen MR) is 416 cm³/mol. The van der Waals surface area contributed by atoms with Crippen LogP contribution in [0.1, 0.15) is 441 Å². The van der Waals surface area contributed by atoms with Gasteiger partial charge in [-0.25, -0.2) is 15.0 Å². The number of hydrogen-bond acceptors (Lipinski definition) is 13. The van der Waals surface area contributed by atoms with Gasteiger partial charge in [0.05, 0.1) is 46.1 Å². The van der Waals surface area contributed by atoms with Gasteiger partial charge in [-0.1, -0.05) is 280 Å². The molecule has 13 nitrogen and oxygen atoms in total. The van der Waals surface area contributed by atoms with Crippen LogP contribution in [0.5, 0.6) is 0 Å². The Bertz CT molecular complexity index is 2340. The number of hydrogen-bond donors (Lipinski definition) is 0. The minimum absolute atomic E-state index is 0.329. The smallest absolute Gasteiger partial charge is 0.229 e. The van der Waals surface area contributed by atoms with E-state index in [9.17, 15) is 0 Å². The zero-order valence-electron chi connectivity index (χ0n) is 69.7. The summed E-state index contributed by atoms with van der Waals surface area (Å²) in [6, 6.07) is 2.38. The Labute approximate surface area is 591 Å². The fraction of sp³-hybridized carbons (Fsp3) is 0.815. The summed E-state index contributed by atoms with van der Waals surface area (Å²) in [6.45, 7) is 90.4. The molecule has 0 spiro atoms. The van der Waals surface area contributed by atoms with E-state index in [1.165, 1.54) is 28.4 Å². The van der Waals surface area contributed by atoms with Crippen LogP contribution in [0, 0.1) is 53.3 Å². The number of nitrogens with zero attached hydrogens (tertiary/aromatic N) is 10. The van der Waals surface area contributed by atoms with Crippen LogP contribution in [-0.2, 0) is 0 Å². The minimum Gasteiger partial charge on any atom is -0.445 e. The quantitative estimate of drug-likeness (QED) is 0.0930. The summed E-state index contributed by atoms with van der Waals surface area (Å²) in [5, 5.41) is 18.2. The summed E-state index contributed by atoms with van der Waals surface area (Å²) < 4.78 is 16.0. The summed E-state index contributed by atoms with van der Waals surface area (Å²) in [6.07, 6.45) is 6.29. The molecule has 1 saturated carbocycles. The first kappa shape index (κ1) is 94.9. The van der Waals surface area contributed by atoms with E-state index in [1.807, 2.05) is 36.0 Å². The molecule has 5 aromatic heterocycles. The Kier molecular flexibility index (Phi) is 49.2. The minimum atomic E-state index is 0.329. The molecule has 0 radical (unpaired) electrons. The third kappa shape index (κ3) is 40.4.